The van der Waals surface area contributed by atoms with Crippen LogP contribution in [0.2, 0.25) is 0 Å². The third kappa shape index (κ3) is 3.64. The molecular formula is C14H15FN2O3. The fraction of sp³-hybridized carbons (Fsp3) is 0.286. The molecule has 1 saturated heterocycles. The van der Waals surface area contributed by atoms with E-state index < -0.39 is 12.0 Å². The Kier molecular flexibility index (Phi) is 4.47. The molecule has 2 amide bonds. The lowest BCUT2D eigenvalue weighted by molar-refractivity contribution is -0.142. The zero-order chi connectivity index (χ0) is 14.5. The fourth-order valence-corrected chi connectivity index (χ4v) is 1.90. The lowest BCUT2D eigenvalue weighted by Gasteiger charge is -2.30. The number of nitrogens with zero attached hydrogens (tertiary/aromatic N) is 1. The molecule has 20 heavy (non-hydrogen) atoms. The SMILES string of the molecule is NC(=O)C1CN(C(=O)C=Cc2cccc(F)c2)CCO1. The van der Waals surface area contributed by atoms with Crippen LogP contribution in [0.3, 0.4) is 0 Å². The van der Waals surface area contributed by atoms with Crippen LogP contribution in [0.1, 0.15) is 5.56 Å². The van der Waals surface area contributed by atoms with Gasteiger partial charge in [0.1, 0.15) is 5.82 Å². The minimum Gasteiger partial charge on any atom is -0.367 e. The standard InChI is InChI=1S/C14H15FN2O3/c15-11-3-1-2-10(8-11)4-5-13(18)17-6-7-20-12(9-17)14(16)19/h1-5,8,12H,6-7,9H2,(H2,16,19). The van der Waals surface area contributed by atoms with Gasteiger partial charge in [-0.1, -0.05) is 12.1 Å². The summed E-state index contributed by atoms with van der Waals surface area (Å²) in [5.41, 5.74) is 5.75. The molecule has 0 spiro atoms. The number of carbonyl (C=O) groups excluding carboxylic acids is 2. The van der Waals surface area contributed by atoms with Crippen LogP contribution >= 0.6 is 0 Å². The minimum atomic E-state index is -0.768. The second kappa shape index (κ2) is 6.29. The first-order valence-electron chi connectivity index (χ1n) is 6.20. The Morgan fingerprint density at radius 1 is 1.45 bits per heavy atom. The highest BCUT2D eigenvalue weighted by Crippen LogP contribution is 2.08. The molecule has 1 fully saturated rings. The number of ether oxygens (including phenoxy) is 1. The van der Waals surface area contributed by atoms with Crippen LogP contribution in [0.15, 0.2) is 30.3 Å². The molecule has 1 aliphatic rings. The van der Waals surface area contributed by atoms with E-state index in [1.165, 1.54) is 29.2 Å². The van der Waals surface area contributed by atoms with E-state index in [2.05, 4.69) is 0 Å². The zero-order valence-corrected chi connectivity index (χ0v) is 10.8. The van der Waals surface area contributed by atoms with Crippen LogP contribution in [0, 0.1) is 5.82 Å². The van der Waals surface area contributed by atoms with Gasteiger partial charge in [0.05, 0.1) is 13.2 Å². The molecule has 5 nitrogen and oxygen atoms in total. The van der Waals surface area contributed by atoms with Crippen LogP contribution in [0.5, 0.6) is 0 Å². The number of amides is 2. The number of rotatable bonds is 3. The van der Waals surface area contributed by atoms with Crippen molar-refractivity contribution in [3.63, 3.8) is 0 Å². The van der Waals surface area contributed by atoms with Crippen molar-refractivity contribution in [2.75, 3.05) is 19.7 Å². The molecule has 0 bridgehead atoms. The first kappa shape index (κ1) is 14.2. The van der Waals surface area contributed by atoms with Gasteiger partial charge in [-0.3, -0.25) is 9.59 Å². The van der Waals surface area contributed by atoms with E-state index in [0.29, 0.717) is 12.1 Å². The summed E-state index contributed by atoms with van der Waals surface area (Å²) in [5.74, 6) is -1.21. The van der Waals surface area contributed by atoms with Crippen molar-refractivity contribution in [1.29, 1.82) is 0 Å². The molecule has 6 heteroatoms. The average Bonchev–Trinajstić information content (AvgIpc) is 2.45. The largest absolute Gasteiger partial charge is 0.367 e. The molecule has 2 N–H and O–H groups in total. The van der Waals surface area contributed by atoms with Gasteiger partial charge in [-0.2, -0.15) is 0 Å². The van der Waals surface area contributed by atoms with Gasteiger partial charge < -0.3 is 15.4 Å². The highest BCUT2D eigenvalue weighted by atomic mass is 19.1. The Hall–Kier alpha value is -2.21. The smallest absolute Gasteiger partial charge is 0.248 e. The monoisotopic (exact) mass is 278 g/mol. The molecule has 1 atom stereocenters. The molecule has 1 heterocycles. The van der Waals surface area contributed by atoms with Crippen molar-refractivity contribution >= 4 is 17.9 Å². The normalized spacial score (nSPS) is 19.2. The topological polar surface area (TPSA) is 72.6 Å². The number of hydrogen-bond acceptors (Lipinski definition) is 3. The van der Waals surface area contributed by atoms with E-state index >= 15 is 0 Å². The highest BCUT2D eigenvalue weighted by Gasteiger charge is 2.26. The summed E-state index contributed by atoms with van der Waals surface area (Å²) >= 11 is 0. The predicted octanol–water partition coefficient (Wildman–Crippen LogP) is 0.552. The summed E-state index contributed by atoms with van der Waals surface area (Å²) in [4.78, 5) is 24.5. The average molecular weight is 278 g/mol. The number of halogens is 1. The predicted molar refractivity (Wildman–Crippen MR) is 70.9 cm³/mol. The minimum absolute atomic E-state index is 0.141. The van der Waals surface area contributed by atoms with Crippen molar-refractivity contribution in [1.82, 2.24) is 4.90 Å². The van der Waals surface area contributed by atoms with Gasteiger partial charge in [0.25, 0.3) is 0 Å². The first-order valence-corrected chi connectivity index (χ1v) is 6.20. The molecule has 1 aromatic carbocycles. The van der Waals surface area contributed by atoms with Gasteiger partial charge in [-0.25, -0.2) is 4.39 Å². The van der Waals surface area contributed by atoms with Crippen molar-refractivity contribution < 1.29 is 18.7 Å². The van der Waals surface area contributed by atoms with Crippen LogP contribution in [-0.2, 0) is 14.3 Å². The molecule has 0 saturated carbocycles. The Bertz CT molecular complexity index is 545. The van der Waals surface area contributed by atoms with Crippen molar-refractivity contribution in [3.8, 4) is 0 Å². The maximum atomic E-state index is 13.0. The van der Waals surface area contributed by atoms with Crippen LogP contribution < -0.4 is 5.73 Å². The van der Waals surface area contributed by atoms with E-state index in [1.54, 1.807) is 12.1 Å². The van der Waals surface area contributed by atoms with Crippen LogP contribution in [-0.4, -0.2) is 42.5 Å². The zero-order valence-electron chi connectivity index (χ0n) is 10.8. The molecular weight excluding hydrogens is 263 g/mol. The molecule has 1 unspecified atom stereocenters. The summed E-state index contributed by atoms with van der Waals surface area (Å²) in [6.07, 6.45) is 2.11. The summed E-state index contributed by atoms with van der Waals surface area (Å²) in [5, 5.41) is 0. The number of carbonyl (C=O) groups is 2. The van der Waals surface area contributed by atoms with Crippen LogP contribution in [0.25, 0.3) is 6.08 Å². The van der Waals surface area contributed by atoms with E-state index in [4.69, 9.17) is 10.5 Å². The van der Waals surface area contributed by atoms with Gasteiger partial charge in [-0.15, -0.1) is 0 Å². The molecule has 106 valence electrons. The third-order valence-corrected chi connectivity index (χ3v) is 2.96. The maximum Gasteiger partial charge on any atom is 0.248 e. The van der Waals surface area contributed by atoms with E-state index in [1.807, 2.05) is 0 Å². The van der Waals surface area contributed by atoms with Gasteiger partial charge >= 0.3 is 0 Å². The molecule has 0 radical (unpaired) electrons. The number of hydrogen-bond donors (Lipinski definition) is 1. The molecule has 0 aromatic heterocycles. The second-order valence-corrected chi connectivity index (χ2v) is 4.43. The van der Waals surface area contributed by atoms with Gasteiger partial charge in [0.15, 0.2) is 6.10 Å². The Balaban J connectivity index is 1.99. The summed E-state index contributed by atoms with van der Waals surface area (Å²) < 4.78 is 18.1. The van der Waals surface area contributed by atoms with Crippen LogP contribution in [0.4, 0.5) is 4.39 Å². The number of benzene rings is 1. The van der Waals surface area contributed by atoms with Crippen molar-refractivity contribution in [2.24, 2.45) is 5.73 Å². The Morgan fingerprint density at radius 3 is 2.95 bits per heavy atom. The Morgan fingerprint density at radius 2 is 2.25 bits per heavy atom. The van der Waals surface area contributed by atoms with Gasteiger partial charge in [0, 0.05) is 12.6 Å². The second-order valence-electron chi connectivity index (χ2n) is 4.43. The Labute approximate surface area is 115 Å². The summed E-state index contributed by atoms with van der Waals surface area (Å²) in [6, 6.07) is 5.92. The van der Waals surface area contributed by atoms with E-state index in [-0.39, 0.29) is 24.9 Å². The fourth-order valence-electron chi connectivity index (χ4n) is 1.90. The molecule has 2 rings (SSSR count). The third-order valence-electron chi connectivity index (χ3n) is 2.96. The number of nitrogens with two attached hydrogens (primary N) is 1. The lowest BCUT2D eigenvalue weighted by atomic mass is 10.2. The van der Waals surface area contributed by atoms with E-state index in [9.17, 15) is 14.0 Å². The molecule has 1 aliphatic heterocycles. The number of morpholine rings is 1. The van der Waals surface area contributed by atoms with Gasteiger partial charge in [0.2, 0.25) is 11.8 Å². The quantitative estimate of drug-likeness (QED) is 0.821. The molecule has 1 aromatic rings. The van der Waals surface area contributed by atoms with Crippen molar-refractivity contribution in [2.45, 2.75) is 6.10 Å². The first-order chi connectivity index (χ1) is 9.56. The summed E-state index contributed by atoms with van der Waals surface area (Å²) in [6.45, 7) is 0.810. The lowest BCUT2D eigenvalue weighted by Crippen LogP contribution is -2.50. The van der Waals surface area contributed by atoms with E-state index in [0.717, 1.165) is 0 Å². The van der Waals surface area contributed by atoms with Gasteiger partial charge in [-0.05, 0) is 23.8 Å². The molecule has 0 aliphatic carbocycles. The maximum absolute atomic E-state index is 13.0. The summed E-state index contributed by atoms with van der Waals surface area (Å²) in [7, 11) is 0. The number of primary amides is 1. The highest BCUT2D eigenvalue weighted by molar-refractivity contribution is 5.92. The van der Waals surface area contributed by atoms with Crippen molar-refractivity contribution in [3.05, 3.63) is 41.7 Å².